The van der Waals surface area contributed by atoms with E-state index < -0.39 is 5.97 Å². The third kappa shape index (κ3) is 6.72. The van der Waals surface area contributed by atoms with E-state index in [1.165, 1.54) is 0 Å². The van der Waals surface area contributed by atoms with Gasteiger partial charge in [0.1, 0.15) is 12.4 Å². The SMILES string of the molecule is COc1cccc(N(C(=O)NC[C@H]2CC[C@H](COCC(=O)O)CC2)c2ccccc2)c1. The van der Waals surface area contributed by atoms with Crippen molar-refractivity contribution >= 4 is 23.4 Å². The molecule has 2 aromatic carbocycles. The minimum atomic E-state index is -0.935. The lowest BCUT2D eigenvalue weighted by atomic mass is 9.82. The van der Waals surface area contributed by atoms with Gasteiger partial charge in [-0.25, -0.2) is 9.59 Å². The number of para-hydroxylation sites is 1. The molecule has 0 spiro atoms. The number of benzene rings is 2. The Morgan fingerprint density at radius 1 is 1.00 bits per heavy atom. The van der Waals surface area contributed by atoms with E-state index in [4.69, 9.17) is 14.6 Å². The molecule has 0 atom stereocenters. The molecule has 7 nitrogen and oxygen atoms in total. The van der Waals surface area contributed by atoms with Crippen molar-refractivity contribution in [2.75, 3.05) is 31.8 Å². The smallest absolute Gasteiger partial charge is 0.329 e. The summed E-state index contributed by atoms with van der Waals surface area (Å²) in [4.78, 5) is 25.4. The van der Waals surface area contributed by atoms with Crippen LogP contribution in [0.2, 0.25) is 0 Å². The Kier molecular flexibility index (Phi) is 8.29. The van der Waals surface area contributed by atoms with Gasteiger partial charge in [0.2, 0.25) is 0 Å². The first kappa shape index (κ1) is 22.6. The number of carboxylic acids is 1. The Balaban J connectivity index is 1.57. The highest BCUT2D eigenvalue weighted by Gasteiger charge is 2.24. The summed E-state index contributed by atoms with van der Waals surface area (Å²) in [5.41, 5.74) is 1.52. The number of ether oxygens (including phenoxy) is 2. The highest BCUT2D eigenvalue weighted by molar-refractivity contribution is 5.99. The van der Waals surface area contributed by atoms with Crippen LogP contribution in [0.3, 0.4) is 0 Å². The number of hydrogen-bond acceptors (Lipinski definition) is 4. The quantitative estimate of drug-likeness (QED) is 0.618. The highest BCUT2D eigenvalue weighted by Crippen LogP contribution is 2.30. The monoisotopic (exact) mass is 426 g/mol. The third-order valence-corrected chi connectivity index (χ3v) is 5.62. The molecular weight excluding hydrogens is 396 g/mol. The zero-order valence-electron chi connectivity index (χ0n) is 17.8. The minimum absolute atomic E-state index is 0.175. The van der Waals surface area contributed by atoms with E-state index in [1.807, 2.05) is 54.6 Å². The summed E-state index contributed by atoms with van der Waals surface area (Å²) < 4.78 is 10.6. The molecule has 0 heterocycles. The van der Waals surface area contributed by atoms with Crippen molar-refractivity contribution in [3.05, 3.63) is 54.6 Å². The molecule has 2 N–H and O–H groups in total. The Hall–Kier alpha value is -3.06. The fourth-order valence-electron chi connectivity index (χ4n) is 3.94. The molecule has 1 saturated carbocycles. The lowest BCUT2D eigenvalue weighted by Crippen LogP contribution is -2.40. The van der Waals surface area contributed by atoms with Crippen LogP contribution >= 0.6 is 0 Å². The van der Waals surface area contributed by atoms with Crippen LogP contribution in [0.15, 0.2) is 54.6 Å². The summed E-state index contributed by atoms with van der Waals surface area (Å²) in [6, 6.07) is 16.8. The van der Waals surface area contributed by atoms with Crippen LogP contribution < -0.4 is 15.0 Å². The van der Waals surface area contributed by atoms with E-state index in [1.54, 1.807) is 12.0 Å². The summed E-state index contributed by atoms with van der Waals surface area (Å²) in [6.07, 6.45) is 3.95. The Morgan fingerprint density at radius 3 is 2.35 bits per heavy atom. The van der Waals surface area contributed by atoms with E-state index in [2.05, 4.69) is 5.32 Å². The number of rotatable bonds is 9. The van der Waals surface area contributed by atoms with Gasteiger partial charge in [-0.05, 0) is 61.8 Å². The van der Waals surface area contributed by atoms with Crippen LogP contribution in [0.25, 0.3) is 0 Å². The summed E-state index contributed by atoms with van der Waals surface area (Å²) >= 11 is 0. The van der Waals surface area contributed by atoms with E-state index in [0.717, 1.165) is 37.1 Å². The van der Waals surface area contributed by atoms with Crippen molar-refractivity contribution in [3.8, 4) is 5.75 Å². The predicted molar refractivity (Wildman–Crippen MR) is 119 cm³/mol. The van der Waals surface area contributed by atoms with Crippen LogP contribution in [0.4, 0.5) is 16.2 Å². The number of hydrogen-bond donors (Lipinski definition) is 2. The van der Waals surface area contributed by atoms with Gasteiger partial charge in [-0.1, -0.05) is 24.3 Å². The van der Waals surface area contributed by atoms with Crippen LogP contribution in [0.5, 0.6) is 5.75 Å². The first-order valence-corrected chi connectivity index (χ1v) is 10.6. The lowest BCUT2D eigenvalue weighted by molar-refractivity contribution is -0.142. The molecule has 1 aliphatic carbocycles. The average molecular weight is 427 g/mol. The molecule has 7 heteroatoms. The average Bonchev–Trinajstić information content (AvgIpc) is 2.79. The molecule has 0 bridgehead atoms. The Labute approximate surface area is 183 Å². The van der Waals surface area contributed by atoms with Crippen molar-refractivity contribution in [1.29, 1.82) is 0 Å². The van der Waals surface area contributed by atoms with E-state index in [0.29, 0.717) is 30.7 Å². The number of urea groups is 1. The lowest BCUT2D eigenvalue weighted by Gasteiger charge is -2.29. The van der Waals surface area contributed by atoms with Crippen LogP contribution in [0, 0.1) is 11.8 Å². The molecule has 2 aromatic rings. The fourth-order valence-corrected chi connectivity index (χ4v) is 3.94. The molecule has 0 aliphatic heterocycles. The minimum Gasteiger partial charge on any atom is -0.497 e. The van der Waals surface area contributed by atoms with Gasteiger partial charge in [0.15, 0.2) is 0 Å². The second-order valence-electron chi connectivity index (χ2n) is 7.85. The highest BCUT2D eigenvalue weighted by atomic mass is 16.5. The summed E-state index contributed by atoms with van der Waals surface area (Å²) in [5.74, 6) is 0.552. The van der Waals surface area contributed by atoms with Crippen LogP contribution in [0.1, 0.15) is 25.7 Å². The molecule has 1 fully saturated rings. The molecule has 166 valence electrons. The molecule has 0 unspecified atom stereocenters. The van der Waals surface area contributed by atoms with Gasteiger partial charge in [0.25, 0.3) is 0 Å². The summed E-state index contributed by atoms with van der Waals surface area (Å²) in [6.45, 7) is 0.855. The summed E-state index contributed by atoms with van der Waals surface area (Å²) in [7, 11) is 1.61. The molecule has 31 heavy (non-hydrogen) atoms. The Morgan fingerprint density at radius 2 is 1.68 bits per heavy atom. The molecule has 0 aromatic heterocycles. The van der Waals surface area contributed by atoms with Gasteiger partial charge >= 0.3 is 12.0 Å². The largest absolute Gasteiger partial charge is 0.497 e. The maximum absolute atomic E-state index is 13.2. The number of nitrogens with one attached hydrogen (secondary N) is 1. The Bertz CT molecular complexity index is 850. The van der Waals surface area contributed by atoms with Crippen LogP contribution in [-0.4, -0.2) is 44.0 Å². The molecule has 0 saturated heterocycles. The zero-order valence-corrected chi connectivity index (χ0v) is 17.8. The molecule has 1 aliphatic rings. The first-order chi connectivity index (χ1) is 15.1. The maximum Gasteiger partial charge on any atom is 0.329 e. The van der Waals surface area contributed by atoms with E-state index in [9.17, 15) is 9.59 Å². The third-order valence-electron chi connectivity index (χ3n) is 5.62. The number of nitrogens with zero attached hydrogens (tertiary/aromatic N) is 1. The second kappa shape index (κ2) is 11.4. The van der Waals surface area contributed by atoms with Crippen molar-refractivity contribution in [2.24, 2.45) is 11.8 Å². The van der Waals surface area contributed by atoms with Gasteiger partial charge in [-0.15, -0.1) is 0 Å². The standard InChI is InChI=1S/C24H30N2O5/c1-30-22-9-5-8-21(14-22)26(20-6-3-2-4-7-20)24(29)25-15-18-10-12-19(13-11-18)16-31-17-23(27)28/h2-9,14,18-19H,10-13,15-17H2,1H3,(H,25,29)(H,27,28)/t18-,19-. The predicted octanol–water partition coefficient (Wildman–Crippen LogP) is 4.45. The number of carbonyl (C=O) groups excluding carboxylic acids is 1. The maximum atomic E-state index is 13.2. The number of carboxylic acid groups (broad SMARTS) is 1. The summed E-state index contributed by atoms with van der Waals surface area (Å²) in [5, 5.41) is 11.8. The first-order valence-electron chi connectivity index (χ1n) is 10.6. The number of carbonyl (C=O) groups is 2. The molecule has 0 radical (unpaired) electrons. The molecule has 3 rings (SSSR count). The van der Waals surface area contributed by atoms with Gasteiger partial charge in [0.05, 0.1) is 25.1 Å². The number of methoxy groups -OCH3 is 1. The fraction of sp³-hybridized carbons (Fsp3) is 0.417. The van der Waals surface area contributed by atoms with Gasteiger partial charge < -0.3 is 19.9 Å². The van der Waals surface area contributed by atoms with E-state index in [-0.39, 0.29) is 12.6 Å². The van der Waals surface area contributed by atoms with Gasteiger partial charge in [-0.2, -0.15) is 0 Å². The van der Waals surface area contributed by atoms with Gasteiger partial charge in [0, 0.05) is 12.6 Å². The van der Waals surface area contributed by atoms with Crippen LogP contribution in [-0.2, 0) is 9.53 Å². The second-order valence-corrected chi connectivity index (χ2v) is 7.85. The molecular formula is C24H30N2O5. The molecule has 2 amide bonds. The number of aliphatic carboxylic acids is 1. The van der Waals surface area contributed by atoms with Crippen molar-refractivity contribution < 1.29 is 24.2 Å². The topological polar surface area (TPSA) is 88.1 Å². The number of anilines is 2. The van der Waals surface area contributed by atoms with Gasteiger partial charge in [-0.3, -0.25) is 4.90 Å². The van der Waals surface area contributed by atoms with Crippen molar-refractivity contribution in [3.63, 3.8) is 0 Å². The number of amides is 2. The zero-order chi connectivity index (χ0) is 22.1. The normalized spacial score (nSPS) is 18.2. The van der Waals surface area contributed by atoms with E-state index >= 15 is 0 Å². The van der Waals surface area contributed by atoms with Crippen molar-refractivity contribution in [2.45, 2.75) is 25.7 Å². The van der Waals surface area contributed by atoms with Crippen molar-refractivity contribution in [1.82, 2.24) is 5.32 Å².